The summed E-state index contributed by atoms with van der Waals surface area (Å²) in [6.45, 7) is 5.27. The number of nitrogens with zero attached hydrogens (tertiary/aromatic N) is 1. The Bertz CT molecular complexity index is 804. The lowest BCUT2D eigenvalue weighted by molar-refractivity contribution is -0.114. The normalized spacial score (nSPS) is 10.9. The molecule has 0 saturated heterocycles. The van der Waals surface area contributed by atoms with E-state index < -0.39 is 17.5 Å². The molecule has 7 heteroatoms. The van der Waals surface area contributed by atoms with Crippen molar-refractivity contribution in [2.24, 2.45) is 0 Å². The smallest absolute Gasteiger partial charge is 0.412 e. The maximum Gasteiger partial charge on any atom is 0.412 e. The first-order valence-electron chi connectivity index (χ1n) is 8.49. The van der Waals surface area contributed by atoms with E-state index in [1.165, 1.54) is 12.1 Å². The van der Waals surface area contributed by atoms with Crippen LogP contribution in [0.1, 0.15) is 20.8 Å². The van der Waals surface area contributed by atoms with Gasteiger partial charge in [0, 0.05) is 12.7 Å². The zero-order valence-corrected chi connectivity index (χ0v) is 15.9. The number of likely N-dealkylation sites (N-methyl/N-ethyl adjacent to an activating group) is 1. The van der Waals surface area contributed by atoms with Crippen LogP contribution in [0.25, 0.3) is 0 Å². The number of ether oxygens (including phenoxy) is 1. The van der Waals surface area contributed by atoms with Crippen molar-refractivity contribution in [2.45, 2.75) is 26.4 Å². The minimum atomic E-state index is -0.689. The number of carbonyl (C=O) groups is 2. The van der Waals surface area contributed by atoms with Crippen molar-refractivity contribution < 1.29 is 18.7 Å². The number of hydrogen-bond acceptors (Lipinski definition) is 4. The van der Waals surface area contributed by atoms with E-state index >= 15 is 0 Å². The van der Waals surface area contributed by atoms with Crippen LogP contribution in [0.15, 0.2) is 48.5 Å². The van der Waals surface area contributed by atoms with Crippen LogP contribution in [0.2, 0.25) is 0 Å². The summed E-state index contributed by atoms with van der Waals surface area (Å²) in [5.74, 6) is -0.879. The van der Waals surface area contributed by atoms with Gasteiger partial charge in [-0.2, -0.15) is 0 Å². The Balaban J connectivity index is 2.07. The van der Waals surface area contributed by atoms with Crippen molar-refractivity contribution in [3.05, 3.63) is 54.3 Å². The molecule has 2 rings (SSSR count). The predicted molar refractivity (Wildman–Crippen MR) is 105 cm³/mol. The summed E-state index contributed by atoms with van der Waals surface area (Å²) in [5, 5.41) is 5.16. The molecule has 144 valence electrons. The van der Waals surface area contributed by atoms with E-state index in [9.17, 15) is 14.0 Å². The van der Waals surface area contributed by atoms with Gasteiger partial charge >= 0.3 is 6.09 Å². The Morgan fingerprint density at radius 1 is 1.04 bits per heavy atom. The molecule has 0 radical (unpaired) electrons. The van der Waals surface area contributed by atoms with Crippen molar-refractivity contribution in [3.8, 4) is 0 Å². The van der Waals surface area contributed by atoms with Gasteiger partial charge in [0.05, 0.1) is 17.9 Å². The Labute approximate surface area is 158 Å². The summed E-state index contributed by atoms with van der Waals surface area (Å²) in [6, 6.07) is 13.1. The minimum absolute atomic E-state index is 0.0619. The summed E-state index contributed by atoms with van der Waals surface area (Å²) < 4.78 is 18.8. The fraction of sp³-hybridized carbons (Fsp3) is 0.300. The number of nitrogens with one attached hydrogen (secondary N) is 2. The highest BCUT2D eigenvalue weighted by molar-refractivity contribution is 5.99. The zero-order valence-electron chi connectivity index (χ0n) is 15.9. The molecule has 0 aliphatic rings. The number of para-hydroxylation sites is 1. The first-order valence-corrected chi connectivity index (χ1v) is 8.49. The summed E-state index contributed by atoms with van der Waals surface area (Å²) in [5.41, 5.74) is 0.610. The average molecular weight is 373 g/mol. The van der Waals surface area contributed by atoms with E-state index in [-0.39, 0.29) is 23.8 Å². The van der Waals surface area contributed by atoms with Crippen molar-refractivity contribution in [3.63, 3.8) is 0 Å². The van der Waals surface area contributed by atoms with Crippen LogP contribution in [-0.2, 0) is 9.53 Å². The van der Waals surface area contributed by atoms with Crippen LogP contribution in [0, 0.1) is 5.82 Å². The quantitative estimate of drug-likeness (QED) is 0.822. The summed E-state index contributed by atoms with van der Waals surface area (Å²) >= 11 is 0. The Morgan fingerprint density at radius 3 is 2.33 bits per heavy atom. The highest BCUT2D eigenvalue weighted by Gasteiger charge is 2.18. The molecule has 0 heterocycles. The highest BCUT2D eigenvalue weighted by Crippen LogP contribution is 2.24. The second-order valence-corrected chi connectivity index (χ2v) is 7.06. The molecule has 2 aromatic rings. The van der Waals surface area contributed by atoms with Crippen LogP contribution in [-0.4, -0.2) is 31.2 Å². The molecule has 2 N–H and O–H groups in total. The van der Waals surface area contributed by atoms with Crippen LogP contribution >= 0.6 is 0 Å². The molecule has 2 aromatic carbocycles. The van der Waals surface area contributed by atoms with Crippen molar-refractivity contribution >= 4 is 29.1 Å². The van der Waals surface area contributed by atoms with E-state index in [1.54, 1.807) is 32.7 Å². The Kier molecular flexibility index (Phi) is 6.39. The predicted octanol–water partition coefficient (Wildman–Crippen LogP) is 4.25. The lowest BCUT2D eigenvalue weighted by Crippen LogP contribution is -2.31. The third-order valence-electron chi connectivity index (χ3n) is 3.47. The maximum absolute atomic E-state index is 13.6. The number of benzene rings is 2. The number of hydrogen-bond donors (Lipinski definition) is 2. The van der Waals surface area contributed by atoms with E-state index in [2.05, 4.69) is 10.6 Å². The molecule has 27 heavy (non-hydrogen) atoms. The number of anilines is 3. The second kappa shape index (κ2) is 8.53. The topological polar surface area (TPSA) is 70.7 Å². The van der Waals surface area contributed by atoms with Crippen LogP contribution in [0.4, 0.5) is 26.2 Å². The first kappa shape index (κ1) is 20.2. The van der Waals surface area contributed by atoms with E-state index in [0.29, 0.717) is 0 Å². The van der Waals surface area contributed by atoms with Gasteiger partial charge < -0.3 is 15.0 Å². The molecule has 2 amide bonds. The maximum atomic E-state index is 13.6. The van der Waals surface area contributed by atoms with E-state index in [4.69, 9.17) is 4.74 Å². The molecule has 0 saturated carbocycles. The van der Waals surface area contributed by atoms with Crippen molar-refractivity contribution in [1.29, 1.82) is 0 Å². The fourth-order valence-electron chi connectivity index (χ4n) is 2.32. The molecule has 0 aliphatic carbocycles. The molecule has 6 nitrogen and oxygen atoms in total. The van der Waals surface area contributed by atoms with Gasteiger partial charge in [-0.25, -0.2) is 9.18 Å². The Morgan fingerprint density at radius 2 is 1.70 bits per heavy atom. The zero-order chi connectivity index (χ0) is 20.0. The fourth-order valence-corrected chi connectivity index (χ4v) is 2.32. The number of rotatable bonds is 5. The molecule has 0 aliphatic heterocycles. The van der Waals surface area contributed by atoms with Crippen LogP contribution in [0.5, 0.6) is 0 Å². The molecular formula is C20H24FN3O3. The van der Waals surface area contributed by atoms with Gasteiger partial charge in [-0.1, -0.05) is 18.2 Å². The molecule has 0 atom stereocenters. The third kappa shape index (κ3) is 6.62. The Hall–Kier alpha value is -3.09. The van der Waals surface area contributed by atoms with Gasteiger partial charge in [-0.05, 0) is 51.1 Å². The number of halogens is 1. The molecular weight excluding hydrogens is 349 g/mol. The largest absolute Gasteiger partial charge is 0.444 e. The van der Waals surface area contributed by atoms with Crippen LogP contribution in [0.3, 0.4) is 0 Å². The lowest BCUT2D eigenvalue weighted by Gasteiger charge is -2.21. The second-order valence-electron chi connectivity index (χ2n) is 7.06. The third-order valence-corrected chi connectivity index (χ3v) is 3.47. The molecule has 0 bridgehead atoms. The number of amides is 2. The van der Waals surface area contributed by atoms with Crippen LogP contribution < -0.4 is 15.5 Å². The van der Waals surface area contributed by atoms with Gasteiger partial charge in [0.2, 0.25) is 5.91 Å². The van der Waals surface area contributed by atoms with Gasteiger partial charge in [-0.3, -0.25) is 10.1 Å². The van der Waals surface area contributed by atoms with Gasteiger partial charge in [0.25, 0.3) is 0 Å². The van der Waals surface area contributed by atoms with Crippen molar-refractivity contribution in [2.75, 3.05) is 29.1 Å². The summed E-state index contributed by atoms with van der Waals surface area (Å²) in [6.07, 6.45) is -0.689. The highest BCUT2D eigenvalue weighted by atomic mass is 19.1. The van der Waals surface area contributed by atoms with E-state index in [0.717, 1.165) is 11.8 Å². The van der Waals surface area contributed by atoms with Crippen molar-refractivity contribution in [1.82, 2.24) is 0 Å². The summed E-state index contributed by atoms with van der Waals surface area (Å²) in [4.78, 5) is 26.1. The van der Waals surface area contributed by atoms with Gasteiger partial charge in [0.1, 0.15) is 11.4 Å². The standard InChI is InChI=1S/C20H24FN3O3/c1-20(2,3)27-19(26)23-16-11-10-14(21)12-17(16)22-18(25)13-24(4)15-8-6-5-7-9-15/h5-12H,13H2,1-4H3,(H,22,25)(H,23,26). The molecule has 0 aromatic heterocycles. The lowest BCUT2D eigenvalue weighted by atomic mass is 10.2. The average Bonchev–Trinajstić information content (AvgIpc) is 2.56. The van der Waals surface area contributed by atoms with Gasteiger partial charge in [0.15, 0.2) is 0 Å². The van der Waals surface area contributed by atoms with Gasteiger partial charge in [-0.15, -0.1) is 0 Å². The number of carbonyl (C=O) groups excluding carboxylic acids is 2. The van der Waals surface area contributed by atoms with E-state index in [1.807, 2.05) is 30.3 Å². The molecule has 0 fully saturated rings. The molecule has 0 spiro atoms. The summed E-state index contributed by atoms with van der Waals surface area (Å²) in [7, 11) is 1.78. The molecule has 0 unspecified atom stereocenters. The SMILES string of the molecule is CN(CC(=O)Nc1cc(F)ccc1NC(=O)OC(C)(C)C)c1ccccc1. The minimum Gasteiger partial charge on any atom is -0.444 e. The first-order chi connectivity index (χ1) is 12.6. The monoisotopic (exact) mass is 373 g/mol.